The topological polar surface area (TPSA) is 0 Å². The quantitative estimate of drug-likeness (QED) is 0.585. The molecule has 0 amide bonds. The summed E-state index contributed by atoms with van der Waals surface area (Å²) in [7, 11) is 0. The molecule has 1 aromatic carbocycles. The summed E-state index contributed by atoms with van der Waals surface area (Å²) in [6.07, 6.45) is 0. The molecule has 1 heterocycles. The molecule has 0 nitrogen and oxygen atoms in total. The van der Waals surface area contributed by atoms with Gasteiger partial charge in [0.25, 0.3) is 0 Å². The van der Waals surface area contributed by atoms with Crippen molar-refractivity contribution in [3.63, 3.8) is 0 Å². The van der Waals surface area contributed by atoms with Gasteiger partial charge in [-0.15, -0.1) is 0 Å². The van der Waals surface area contributed by atoms with E-state index in [2.05, 4.69) is 38.1 Å². The molecule has 0 N–H and O–H groups in total. The van der Waals surface area contributed by atoms with Crippen molar-refractivity contribution in [3.05, 3.63) is 34.3 Å². The summed E-state index contributed by atoms with van der Waals surface area (Å²) in [6.45, 7) is 4.37. The summed E-state index contributed by atoms with van der Waals surface area (Å²) in [5, 5.41) is 1.45. The van der Waals surface area contributed by atoms with Crippen molar-refractivity contribution in [3.8, 4) is 0 Å². The van der Waals surface area contributed by atoms with E-state index < -0.39 is 0 Å². The number of benzene rings is 1. The summed E-state index contributed by atoms with van der Waals surface area (Å²) in [5.41, 5.74) is 1.37. The molecule has 11 heavy (non-hydrogen) atoms. The minimum atomic E-state index is 0.614. The molecular weight excluding hydrogens is 199 g/mol. The van der Waals surface area contributed by atoms with Crippen LogP contribution < -0.4 is 0 Å². The van der Waals surface area contributed by atoms with Crippen LogP contribution in [-0.2, 0) is 0 Å². The zero-order valence-electron chi connectivity index (χ0n) is 6.72. The monoisotopic (exact) mass is 210 g/mol. The van der Waals surface area contributed by atoms with E-state index in [1.54, 1.807) is 4.26 Å². The molecule has 0 aliphatic carbocycles. The fourth-order valence-corrected chi connectivity index (χ4v) is 3.19. The van der Waals surface area contributed by atoms with Crippen LogP contribution in [0.4, 0.5) is 0 Å². The van der Waals surface area contributed by atoms with Crippen molar-refractivity contribution in [1.29, 1.82) is 0 Å². The Bertz CT molecular complexity index is 385. The van der Waals surface area contributed by atoms with Crippen LogP contribution in [0.2, 0.25) is 0 Å². The van der Waals surface area contributed by atoms with Gasteiger partial charge in [-0.3, -0.25) is 0 Å². The van der Waals surface area contributed by atoms with Gasteiger partial charge in [0.05, 0.1) is 0 Å². The molecule has 0 unspecified atom stereocenters. The third-order valence-electron chi connectivity index (χ3n) is 1.80. The molecule has 0 fully saturated rings. The van der Waals surface area contributed by atoms with E-state index in [1.807, 2.05) is 0 Å². The number of hydrogen-bond donors (Lipinski definition) is 0. The summed E-state index contributed by atoms with van der Waals surface area (Å²) < 4.78 is 3.08. The fraction of sp³-hybridized carbons (Fsp3) is 0.200. The summed E-state index contributed by atoms with van der Waals surface area (Å²) in [5.74, 6) is 0. The van der Waals surface area contributed by atoms with E-state index in [-0.39, 0.29) is 0 Å². The molecule has 0 aliphatic rings. The molecule has 0 saturated carbocycles. The molecule has 2 rings (SSSR count). The zero-order chi connectivity index (χ0) is 7.84. The fourth-order valence-electron chi connectivity index (χ4n) is 1.30. The van der Waals surface area contributed by atoms with Crippen LogP contribution in [0.1, 0.15) is 10.0 Å². The van der Waals surface area contributed by atoms with Gasteiger partial charge in [0, 0.05) is 0 Å². The average molecular weight is 209 g/mol. The van der Waals surface area contributed by atoms with Crippen LogP contribution in [0.25, 0.3) is 9.65 Å². The van der Waals surface area contributed by atoms with Crippen LogP contribution in [0.3, 0.4) is 0 Å². The summed E-state index contributed by atoms with van der Waals surface area (Å²) in [4.78, 5) is 0. The van der Waals surface area contributed by atoms with E-state index in [1.165, 1.54) is 15.4 Å². The van der Waals surface area contributed by atoms with Crippen molar-refractivity contribution in [2.75, 3.05) is 0 Å². The first-order valence-corrected chi connectivity index (χ1v) is 5.44. The van der Waals surface area contributed by atoms with Crippen molar-refractivity contribution in [2.45, 2.75) is 13.8 Å². The van der Waals surface area contributed by atoms with E-state index >= 15 is 0 Å². The van der Waals surface area contributed by atoms with Crippen molar-refractivity contribution in [2.24, 2.45) is 0 Å². The van der Waals surface area contributed by atoms with E-state index in [0.717, 1.165) is 0 Å². The molecule has 1 aromatic heterocycles. The zero-order valence-corrected chi connectivity index (χ0v) is 8.43. The minimum absolute atomic E-state index is 0.614. The molecule has 0 radical (unpaired) electrons. The third-order valence-corrected chi connectivity index (χ3v) is 3.96. The van der Waals surface area contributed by atoms with Gasteiger partial charge in [-0.05, 0) is 0 Å². The van der Waals surface area contributed by atoms with Crippen molar-refractivity contribution >= 4 is 24.1 Å². The number of rotatable bonds is 0. The average Bonchev–Trinajstić information content (AvgIpc) is 2.27. The Morgan fingerprint density at radius 3 is 2.73 bits per heavy atom. The maximum atomic E-state index is 2.31. The van der Waals surface area contributed by atoms with Crippen molar-refractivity contribution < 1.29 is 0 Å². The van der Waals surface area contributed by atoms with E-state index in [0.29, 0.717) is 14.5 Å². The van der Waals surface area contributed by atoms with Gasteiger partial charge in [0.15, 0.2) is 0 Å². The van der Waals surface area contributed by atoms with Gasteiger partial charge in [0.2, 0.25) is 0 Å². The predicted molar refractivity (Wildman–Crippen MR) is 50.4 cm³/mol. The number of aryl methyl sites for hydroxylation is 2. The van der Waals surface area contributed by atoms with Crippen molar-refractivity contribution in [1.82, 2.24) is 0 Å². The Kier molecular flexibility index (Phi) is 1.63. The van der Waals surface area contributed by atoms with Gasteiger partial charge in [0.1, 0.15) is 0 Å². The van der Waals surface area contributed by atoms with Crippen LogP contribution in [-0.4, -0.2) is 14.5 Å². The second-order valence-electron chi connectivity index (χ2n) is 2.90. The van der Waals surface area contributed by atoms with Gasteiger partial charge < -0.3 is 0 Å². The standard InChI is InChI=1S/C10H10Se/c1-7-3-4-10-9(5-7)6-8(2)11-10/h3-6H,1-2H3. The SMILES string of the molecule is Cc1ccc2[se]c(C)cc2c1. The molecule has 2 aromatic rings. The molecule has 0 aliphatic heterocycles. The predicted octanol–water partition coefficient (Wildman–Crippen LogP) is 2.51. The Morgan fingerprint density at radius 2 is 1.91 bits per heavy atom. The maximum absolute atomic E-state index is 2.31. The molecule has 0 saturated heterocycles. The molecule has 56 valence electrons. The molecule has 0 atom stereocenters. The number of hydrogen-bond acceptors (Lipinski definition) is 0. The molecular formula is C10H10Se. The summed E-state index contributed by atoms with van der Waals surface area (Å²) in [6, 6.07) is 9.04. The first kappa shape index (κ1) is 7.15. The normalized spacial score (nSPS) is 10.7. The molecule has 1 heteroatoms. The summed E-state index contributed by atoms with van der Waals surface area (Å²) >= 11 is 0.614. The second-order valence-corrected chi connectivity index (χ2v) is 5.60. The van der Waals surface area contributed by atoms with Crippen LogP contribution in [0.15, 0.2) is 24.3 Å². The van der Waals surface area contributed by atoms with E-state index in [9.17, 15) is 0 Å². The first-order valence-electron chi connectivity index (χ1n) is 3.72. The van der Waals surface area contributed by atoms with Crippen LogP contribution >= 0.6 is 0 Å². The second kappa shape index (κ2) is 2.51. The number of fused-ring (bicyclic) bond motifs is 1. The third kappa shape index (κ3) is 1.26. The Labute approximate surface area is 72.6 Å². The van der Waals surface area contributed by atoms with Crippen LogP contribution in [0.5, 0.6) is 0 Å². The first-order chi connectivity index (χ1) is 5.25. The van der Waals surface area contributed by atoms with Gasteiger partial charge in [-0.2, -0.15) is 0 Å². The van der Waals surface area contributed by atoms with Gasteiger partial charge in [-0.1, -0.05) is 0 Å². The van der Waals surface area contributed by atoms with Gasteiger partial charge in [-0.25, -0.2) is 0 Å². The Balaban J connectivity index is 2.82. The molecule has 0 spiro atoms. The Morgan fingerprint density at radius 1 is 1.09 bits per heavy atom. The van der Waals surface area contributed by atoms with Gasteiger partial charge >= 0.3 is 72.3 Å². The van der Waals surface area contributed by atoms with Crippen LogP contribution in [0, 0.1) is 13.8 Å². The Hall–Kier alpha value is -0.521. The van der Waals surface area contributed by atoms with E-state index in [4.69, 9.17) is 0 Å². The molecule has 0 bridgehead atoms.